The van der Waals surface area contributed by atoms with Gasteiger partial charge < -0.3 is 0 Å². The van der Waals surface area contributed by atoms with Gasteiger partial charge in [0.05, 0.1) is 18.5 Å². The van der Waals surface area contributed by atoms with Crippen molar-refractivity contribution in [2.45, 2.75) is 26.3 Å². The third-order valence-corrected chi connectivity index (χ3v) is 3.66. The Labute approximate surface area is 94.4 Å². The molecule has 1 aromatic heterocycles. The van der Waals surface area contributed by atoms with E-state index in [-0.39, 0.29) is 5.92 Å². The first kappa shape index (κ1) is 10.6. The first-order valence-electron chi connectivity index (χ1n) is 5.31. The Morgan fingerprint density at radius 2 is 2.60 bits per heavy atom. The Morgan fingerprint density at radius 1 is 1.73 bits per heavy atom. The zero-order valence-corrected chi connectivity index (χ0v) is 9.76. The van der Waals surface area contributed by atoms with Crippen LogP contribution in [-0.2, 0) is 6.54 Å². The van der Waals surface area contributed by atoms with Gasteiger partial charge in [0, 0.05) is 17.6 Å². The lowest BCUT2D eigenvalue weighted by molar-refractivity contribution is 0.192. The predicted molar refractivity (Wildman–Crippen MR) is 60.5 cm³/mol. The molecule has 0 aromatic carbocycles. The number of thiazole rings is 1. The van der Waals surface area contributed by atoms with Gasteiger partial charge in [-0.25, -0.2) is 4.98 Å². The molecule has 0 bridgehead atoms. The summed E-state index contributed by atoms with van der Waals surface area (Å²) in [5.41, 5.74) is 1.10. The third kappa shape index (κ3) is 2.77. The molecule has 15 heavy (non-hydrogen) atoms. The van der Waals surface area contributed by atoms with E-state index < -0.39 is 0 Å². The van der Waals surface area contributed by atoms with Gasteiger partial charge in [-0.1, -0.05) is 0 Å². The van der Waals surface area contributed by atoms with Crippen molar-refractivity contribution in [2.75, 3.05) is 13.1 Å². The van der Waals surface area contributed by atoms with Gasteiger partial charge in [0.15, 0.2) is 0 Å². The summed E-state index contributed by atoms with van der Waals surface area (Å²) in [6, 6.07) is 2.37. The molecule has 0 spiro atoms. The van der Waals surface area contributed by atoms with Crippen LogP contribution in [0, 0.1) is 24.2 Å². The van der Waals surface area contributed by atoms with Gasteiger partial charge in [0.2, 0.25) is 0 Å². The summed E-state index contributed by atoms with van der Waals surface area (Å²) in [5.74, 6) is 0.222. The van der Waals surface area contributed by atoms with Gasteiger partial charge >= 0.3 is 0 Å². The number of nitrogens with zero attached hydrogens (tertiary/aromatic N) is 3. The third-order valence-electron chi connectivity index (χ3n) is 2.71. The van der Waals surface area contributed by atoms with Crippen LogP contribution in [0.5, 0.6) is 0 Å². The smallest absolute Gasteiger partial charge is 0.107 e. The van der Waals surface area contributed by atoms with E-state index in [1.807, 2.05) is 6.92 Å². The number of aryl methyl sites for hydroxylation is 1. The molecule has 80 valence electrons. The van der Waals surface area contributed by atoms with Crippen molar-refractivity contribution in [3.63, 3.8) is 0 Å². The molecular formula is C11H15N3S. The van der Waals surface area contributed by atoms with Crippen LogP contribution < -0.4 is 0 Å². The summed E-state index contributed by atoms with van der Waals surface area (Å²) < 4.78 is 0. The largest absolute Gasteiger partial charge is 0.295 e. The Kier molecular flexibility index (Phi) is 3.34. The van der Waals surface area contributed by atoms with Crippen molar-refractivity contribution in [1.82, 2.24) is 9.88 Å². The molecule has 1 fully saturated rings. The summed E-state index contributed by atoms with van der Waals surface area (Å²) in [7, 11) is 0. The second-order valence-corrected chi connectivity index (χ2v) is 5.03. The molecule has 1 unspecified atom stereocenters. The summed E-state index contributed by atoms with van der Waals surface area (Å²) in [5, 5.41) is 12.1. The molecule has 1 atom stereocenters. The molecule has 3 nitrogen and oxygen atoms in total. The first-order chi connectivity index (χ1) is 7.28. The van der Waals surface area contributed by atoms with Crippen molar-refractivity contribution < 1.29 is 0 Å². The molecule has 0 amide bonds. The fourth-order valence-corrected chi connectivity index (χ4v) is 2.78. The second kappa shape index (κ2) is 4.73. The monoisotopic (exact) mass is 221 g/mol. The lowest BCUT2D eigenvalue weighted by Gasteiger charge is -2.28. The van der Waals surface area contributed by atoms with Crippen molar-refractivity contribution in [2.24, 2.45) is 5.92 Å². The Morgan fingerprint density at radius 3 is 3.27 bits per heavy atom. The zero-order valence-electron chi connectivity index (χ0n) is 8.94. The topological polar surface area (TPSA) is 39.9 Å². The van der Waals surface area contributed by atoms with E-state index in [1.54, 1.807) is 11.3 Å². The maximum absolute atomic E-state index is 8.89. The molecule has 4 heteroatoms. The minimum absolute atomic E-state index is 0.222. The van der Waals surface area contributed by atoms with E-state index in [0.717, 1.165) is 38.2 Å². The molecule has 2 heterocycles. The highest BCUT2D eigenvalue weighted by molar-refractivity contribution is 7.09. The summed E-state index contributed by atoms with van der Waals surface area (Å²) >= 11 is 1.72. The normalized spacial score (nSPS) is 22.5. The van der Waals surface area contributed by atoms with Crippen LogP contribution in [0.25, 0.3) is 0 Å². The number of aromatic nitrogens is 1. The highest BCUT2D eigenvalue weighted by atomic mass is 32.1. The van der Waals surface area contributed by atoms with Gasteiger partial charge in [0.25, 0.3) is 0 Å². The fraction of sp³-hybridized carbons (Fsp3) is 0.636. The highest BCUT2D eigenvalue weighted by Crippen LogP contribution is 2.19. The average molecular weight is 221 g/mol. The minimum Gasteiger partial charge on any atom is -0.295 e. The maximum atomic E-state index is 8.89. The molecule has 1 aromatic rings. The maximum Gasteiger partial charge on any atom is 0.107 e. The number of piperidine rings is 1. The van der Waals surface area contributed by atoms with Crippen molar-refractivity contribution in [3.05, 3.63) is 16.1 Å². The van der Waals surface area contributed by atoms with E-state index in [1.165, 1.54) is 5.01 Å². The van der Waals surface area contributed by atoms with E-state index in [0.29, 0.717) is 0 Å². The summed E-state index contributed by atoms with van der Waals surface area (Å²) in [6.45, 7) is 4.96. The van der Waals surface area contributed by atoms with E-state index in [4.69, 9.17) is 5.26 Å². The molecular weight excluding hydrogens is 206 g/mol. The number of hydrogen-bond acceptors (Lipinski definition) is 4. The molecule has 0 aliphatic carbocycles. The number of hydrogen-bond donors (Lipinski definition) is 0. The van der Waals surface area contributed by atoms with Crippen LogP contribution in [0.3, 0.4) is 0 Å². The van der Waals surface area contributed by atoms with Gasteiger partial charge in [-0.15, -0.1) is 11.3 Å². The molecule has 0 radical (unpaired) electrons. The Bertz CT molecular complexity index is 366. The lowest BCUT2D eigenvalue weighted by Crippen LogP contribution is -2.34. The van der Waals surface area contributed by atoms with Crippen LogP contribution >= 0.6 is 11.3 Å². The quantitative estimate of drug-likeness (QED) is 0.768. The van der Waals surface area contributed by atoms with Crippen LogP contribution in [0.2, 0.25) is 0 Å². The SMILES string of the molecule is Cc1csc(CN2CCCC(C#N)C2)n1. The molecule has 2 rings (SSSR count). The van der Waals surface area contributed by atoms with Gasteiger partial charge in [-0.05, 0) is 26.3 Å². The standard InChI is InChI=1S/C11H15N3S/c1-9-8-15-11(13-9)7-14-4-2-3-10(5-12)6-14/h8,10H,2-4,6-7H2,1H3. The predicted octanol–water partition coefficient (Wildman–Crippen LogP) is 2.19. The average Bonchev–Trinajstić information content (AvgIpc) is 2.64. The number of rotatable bonds is 2. The lowest BCUT2D eigenvalue weighted by atomic mass is 10.00. The zero-order chi connectivity index (χ0) is 10.7. The van der Waals surface area contributed by atoms with Crippen LogP contribution in [0.15, 0.2) is 5.38 Å². The van der Waals surface area contributed by atoms with Crippen molar-refractivity contribution >= 4 is 11.3 Å². The van der Waals surface area contributed by atoms with Gasteiger partial charge in [-0.3, -0.25) is 4.90 Å². The minimum atomic E-state index is 0.222. The first-order valence-corrected chi connectivity index (χ1v) is 6.19. The Balaban J connectivity index is 1.92. The van der Waals surface area contributed by atoms with E-state index in [9.17, 15) is 0 Å². The molecule has 1 saturated heterocycles. The van der Waals surface area contributed by atoms with Crippen LogP contribution in [0.4, 0.5) is 0 Å². The van der Waals surface area contributed by atoms with Crippen LogP contribution in [-0.4, -0.2) is 23.0 Å². The number of likely N-dealkylation sites (tertiary alicyclic amines) is 1. The fourth-order valence-electron chi connectivity index (χ4n) is 1.97. The second-order valence-electron chi connectivity index (χ2n) is 4.09. The summed E-state index contributed by atoms with van der Waals surface area (Å²) in [4.78, 5) is 6.79. The van der Waals surface area contributed by atoms with Crippen molar-refractivity contribution in [3.8, 4) is 6.07 Å². The summed E-state index contributed by atoms with van der Waals surface area (Å²) in [6.07, 6.45) is 2.20. The van der Waals surface area contributed by atoms with E-state index >= 15 is 0 Å². The van der Waals surface area contributed by atoms with E-state index in [2.05, 4.69) is 21.3 Å². The van der Waals surface area contributed by atoms with Crippen LogP contribution in [0.1, 0.15) is 23.5 Å². The Hall–Kier alpha value is -0.920. The van der Waals surface area contributed by atoms with Gasteiger partial charge in [-0.2, -0.15) is 5.26 Å². The molecule has 0 N–H and O–H groups in total. The van der Waals surface area contributed by atoms with Gasteiger partial charge in [0.1, 0.15) is 5.01 Å². The van der Waals surface area contributed by atoms with Crippen molar-refractivity contribution in [1.29, 1.82) is 5.26 Å². The molecule has 1 aliphatic heterocycles. The molecule has 1 aliphatic rings. The highest BCUT2D eigenvalue weighted by Gasteiger charge is 2.19. The number of nitriles is 1. The molecule has 0 saturated carbocycles.